The number of carbonyl (C=O) groups excluding carboxylic acids is 3. The molecule has 0 aromatic heterocycles. The monoisotopic (exact) mass is 614 g/mol. The van der Waals surface area contributed by atoms with E-state index in [1.54, 1.807) is 19.1 Å². The summed E-state index contributed by atoms with van der Waals surface area (Å²) in [5.41, 5.74) is -0.0709. The maximum Gasteiger partial charge on any atom is 0.318 e. The van der Waals surface area contributed by atoms with Crippen LogP contribution >= 0.6 is 11.8 Å². The number of anilines is 1. The summed E-state index contributed by atoms with van der Waals surface area (Å²) in [5.74, 6) is -1.17. The quantitative estimate of drug-likeness (QED) is 0.118. The Labute approximate surface area is 253 Å². The predicted molar refractivity (Wildman–Crippen MR) is 163 cm³/mol. The van der Waals surface area contributed by atoms with Crippen molar-refractivity contribution < 1.29 is 33.7 Å². The van der Waals surface area contributed by atoms with E-state index in [1.165, 1.54) is 24.3 Å². The molecule has 1 aliphatic rings. The highest BCUT2D eigenvalue weighted by atomic mass is 32.2. The van der Waals surface area contributed by atoms with E-state index in [1.807, 2.05) is 30.3 Å². The minimum Gasteiger partial charge on any atom is -0.490 e. The van der Waals surface area contributed by atoms with Gasteiger partial charge in [0, 0.05) is 17.1 Å². The Morgan fingerprint density at radius 1 is 0.932 bits per heavy atom. The van der Waals surface area contributed by atoms with E-state index < -0.39 is 44.8 Å². The fourth-order valence-corrected chi connectivity index (χ4v) is 5.23. The summed E-state index contributed by atoms with van der Waals surface area (Å²) in [5, 5.41) is 26.5. The van der Waals surface area contributed by atoms with E-state index >= 15 is 0 Å². The van der Waals surface area contributed by atoms with Gasteiger partial charge in [-0.05, 0) is 60.0 Å². The zero-order valence-corrected chi connectivity index (χ0v) is 23.7. The lowest BCUT2D eigenvalue weighted by Gasteiger charge is -2.14. The van der Waals surface area contributed by atoms with Gasteiger partial charge in [0.15, 0.2) is 11.5 Å². The van der Waals surface area contributed by atoms with Gasteiger partial charge >= 0.3 is 5.69 Å². The average Bonchev–Trinajstić information content (AvgIpc) is 3.25. The molecule has 4 aromatic rings. The first-order valence-electron chi connectivity index (χ1n) is 13.0. The Hall–Kier alpha value is -5.76. The largest absolute Gasteiger partial charge is 0.490 e. The number of benzene rings is 4. The second-order valence-corrected chi connectivity index (χ2v) is 10.2. The predicted octanol–water partition coefficient (Wildman–Crippen LogP) is 6.52. The number of fused-ring (bicyclic) bond motifs is 1. The summed E-state index contributed by atoms with van der Waals surface area (Å²) in [6.07, 6.45) is 1.45. The lowest BCUT2D eigenvalue weighted by atomic mass is 10.1. The average molecular weight is 615 g/mol. The maximum absolute atomic E-state index is 13.1. The lowest BCUT2D eigenvalue weighted by Crippen LogP contribution is -2.36. The third-order valence-corrected chi connectivity index (χ3v) is 7.28. The van der Waals surface area contributed by atoms with Crippen molar-refractivity contribution in [2.45, 2.75) is 6.92 Å². The third-order valence-electron chi connectivity index (χ3n) is 6.37. The molecule has 0 radical (unpaired) electrons. The molecular weight excluding hydrogens is 592 g/mol. The van der Waals surface area contributed by atoms with E-state index in [0.717, 1.165) is 33.9 Å². The van der Waals surface area contributed by atoms with Gasteiger partial charge in [0.2, 0.25) is 11.7 Å². The van der Waals surface area contributed by atoms with Crippen molar-refractivity contribution in [1.82, 2.24) is 4.90 Å². The van der Waals surface area contributed by atoms with E-state index in [2.05, 4.69) is 5.32 Å². The molecule has 44 heavy (non-hydrogen) atoms. The molecule has 0 bridgehead atoms. The maximum atomic E-state index is 13.1. The van der Waals surface area contributed by atoms with Crippen LogP contribution < -0.4 is 14.8 Å². The van der Waals surface area contributed by atoms with Gasteiger partial charge in [-0.3, -0.25) is 39.5 Å². The number of nitrogens with one attached hydrogen (secondary N) is 1. The molecule has 222 valence electrons. The van der Waals surface area contributed by atoms with Crippen molar-refractivity contribution in [2.24, 2.45) is 0 Å². The molecular formula is C30H22N4O9S. The summed E-state index contributed by atoms with van der Waals surface area (Å²) in [4.78, 5) is 60.5. The van der Waals surface area contributed by atoms with Gasteiger partial charge in [-0.15, -0.1) is 0 Å². The van der Waals surface area contributed by atoms with Crippen LogP contribution in [0.25, 0.3) is 16.8 Å². The Kier molecular flexibility index (Phi) is 8.53. The van der Waals surface area contributed by atoms with Crippen LogP contribution in [0.4, 0.5) is 21.9 Å². The topological polar surface area (TPSA) is 171 Å². The van der Waals surface area contributed by atoms with Gasteiger partial charge in [0.25, 0.3) is 16.8 Å². The molecule has 4 aromatic carbocycles. The van der Waals surface area contributed by atoms with Gasteiger partial charge in [0.1, 0.15) is 6.54 Å². The minimum atomic E-state index is -0.796. The number of nitrogens with zero attached hydrogens (tertiary/aromatic N) is 3. The number of amides is 3. The number of nitro groups is 2. The van der Waals surface area contributed by atoms with E-state index in [9.17, 15) is 34.6 Å². The van der Waals surface area contributed by atoms with Gasteiger partial charge < -0.3 is 14.8 Å². The number of hydrogen-bond donors (Lipinski definition) is 1. The fourth-order valence-electron chi connectivity index (χ4n) is 4.39. The molecule has 0 atom stereocenters. The molecule has 5 rings (SSSR count). The SMILES string of the molecule is CCOc1cc(/C=C2/SC(=O)N(CC(=O)Nc3cccc4ccccc34)C2=O)ccc1Oc1ccc([N+](=O)[O-])cc1[N+](=O)[O-]. The number of imide groups is 1. The van der Waals surface area contributed by atoms with Crippen molar-refractivity contribution in [3.63, 3.8) is 0 Å². The summed E-state index contributed by atoms with van der Waals surface area (Å²) < 4.78 is 11.3. The molecule has 1 heterocycles. The Morgan fingerprint density at radius 2 is 1.68 bits per heavy atom. The van der Waals surface area contributed by atoms with Crippen molar-refractivity contribution in [2.75, 3.05) is 18.5 Å². The second kappa shape index (κ2) is 12.6. The summed E-state index contributed by atoms with van der Waals surface area (Å²) in [6, 6.07) is 20.4. The van der Waals surface area contributed by atoms with Crippen molar-refractivity contribution in [1.29, 1.82) is 0 Å². The van der Waals surface area contributed by atoms with Crippen LogP contribution in [0.3, 0.4) is 0 Å². The molecule has 13 nitrogen and oxygen atoms in total. The standard InChI is InChI=1S/C30H22N4O9S/c1-2-42-26-14-18(10-12-25(26)43-24-13-11-20(33(38)39)16-23(24)34(40)41)15-27-29(36)32(30(37)44-27)17-28(35)31-22-9-5-7-19-6-3-4-8-21(19)22/h3-16H,2,17H2,1H3,(H,31,35)/b27-15+. The number of thioether (sulfide) groups is 1. The number of rotatable bonds is 10. The molecule has 0 spiro atoms. The van der Waals surface area contributed by atoms with Crippen LogP contribution in [-0.4, -0.2) is 45.0 Å². The highest BCUT2D eigenvalue weighted by molar-refractivity contribution is 8.18. The van der Waals surface area contributed by atoms with Crippen molar-refractivity contribution >= 4 is 62.7 Å². The number of non-ortho nitro benzene ring substituents is 1. The molecule has 1 saturated heterocycles. The highest BCUT2D eigenvalue weighted by Gasteiger charge is 2.36. The first-order chi connectivity index (χ1) is 21.1. The first kappa shape index (κ1) is 29.7. The zero-order chi connectivity index (χ0) is 31.4. The minimum absolute atomic E-state index is 0.0788. The lowest BCUT2D eigenvalue weighted by molar-refractivity contribution is -0.394. The Morgan fingerprint density at radius 3 is 2.43 bits per heavy atom. The van der Waals surface area contributed by atoms with Crippen LogP contribution in [0.2, 0.25) is 0 Å². The Bertz CT molecular complexity index is 1870. The fraction of sp³-hybridized carbons (Fsp3) is 0.100. The van der Waals surface area contributed by atoms with Crippen molar-refractivity contribution in [3.8, 4) is 17.2 Å². The van der Waals surface area contributed by atoms with E-state index in [0.29, 0.717) is 23.0 Å². The van der Waals surface area contributed by atoms with Crippen LogP contribution in [0.15, 0.2) is 83.8 Å². The zero-order valence-electron chi connectivity index (χ0n) is 22.9. The van der Waals surface area contributed by atoms with E-state index in [4.69, 9.17) is 9.47 Å². The molecule has 1 fully saturated rings. The van der Waals surface area contributed by atoms with Crippen LogP contribution in [0, 0.1) is 20.2 Å². The van der Waals surface area contributed by atoms with Gasteiger partial charge in [-0.25, -0.2) is 0 Å². The molecule has 1 N–H and O–H groups in total. The molecule has 0 saturated carbocycles. The molecule has 3 amide bonds. The molecule has 1 aliphatic heterocycles. The van der Waals surface area contributed by atoms with Crippen molar-refractivity contribution in [3.05, 3.63) is 110 Å². The van der Waals surface area contributed by atoms with Gasteiger partial charge in [0.05, 0.1) is 27.4 Å². The number of hydrogen-bond acceptors (Lipinski definition) is 10. The number of nitro benzene ring substituents is 2. The number of ether oxygens (including phenoxy) is 2. The van der Waals surface area contributed by atoms with Crippen LogP contribution in [0.5, 0.6) is 17.2 Å². The normalized spacial score (nSPS) is 13.8. The summed E-state index contributed by atoms with van der Waals surface area (Å²) in [7, 11) is 0. The Balaban J connectivity index is 1.33. The second-order valence-electron chi connectivity index (χ2n) is 9.25. The summed E-state index contributed by atoms with van der Waals surface area (Å²) in [6.45, 7) is 1.43. The third kappa shape index (κ3) is 6.34. The smallest absolute Gasteiger partial charge is 0.318 e. The molecule has 14 heteroatoms. The van der Waals surface area contributed by atoms with Gasteiger partial charge in [-0.2, -0.15) is 0 Å². The molecule has 0 unspecified atom stereocenters. The molecule has 0 aliphatic carbocycles. The number of carbonyl (C=O) groups is 3. The van der Waals surface area contributed by atoms with E-state index in [-0.39, 0.29) is 28.8 Å². The van der Waals surface area contributed by atoms with Crippen LogP contribution in [-0.2, 0) is 9.59 Å². The summed E-state index contributed by atoms with van der Waals surface area (Å²) >= 11 is 0.679. The van der Waals surface area contributed by atoms with Crippen LogP contribution in [0.1, 0.15) is 12.5 Å². The first-order valence-corrected chi connectivity index (χ1v) is 13.9. The van der Waals surface area contributed by atoms with Gasteiger partial charge in [-0.1, -0.05) is 42.5 Å². The highest BCUT2D eigenvalue weighted by Crippen LogP contribution is 2.40.